The van der Waals surface area contributed by atoms with Crippen LogP contribution in [0.15, 0.2) is 12.4 Å². The Morgan fingerprint density at radius 3 is 2.61 bits per heavy atom. The van der Waals surface area contributed by atoms with Gasteiger partial charge in [0, 0.05) is 17.7 Å². The molecule has 1 N–H and O–H groups in total. The maximum atomic E-state index is 4.39. The van der Waals surface area contributed by atoms with E-state index in [4.69, 9.17) is 0 Å². The highest BCUT2D eigenvalue weighted by molar-refractivity contribution is 5.32. The summed E-state index contributed by atoms with van der Waals surface area (Å²) in [5.41, 5.74) is 2.16. The smallest absolute Gasteiger partial charge is 0.252 e. The molecule has 98 valence electrons. The quantitative estimate of drug-likeness (QED) is 0.894. The van der Waals surface area contributed by atoms with Crippen LogP contribution in [0.1, 0.15) is 38.1 Å². The fourth-order valence-corrected chi connectivity index (χ4v) is 2.55. The molecule has 0 aromatic carbocycles. The lowest BCUT2D eigenvalue weighted by Gasteiger charge is -2.27. The second-order valence-electron chi connectivity index (χ2n) is 5.14. The Morgan fingerprint density at radius 2 is 2.00 bits per heavy atom. The average molecular weight is 247 g/mol. The Kier molecular flexibility index (Phi) is 3.61. The van der Waals surface area contributed by atoms with Crippen molar-refractivity contribution in [3.05, 3.63) is 23.8 Å². The Morgan fingerprint density at radius 1 is 1.28 bits per heavy atom. The van der Waals surface area contributed by atoms with E-state index in [0.717, 1.165) is 5.69 Å². The summed E-state index contributed by atoms with van der Waals surface area (Å²) < 4.78 is 1.85. The number of hydrogen-bond donors (Lipinski definition) is 1. The van der Waals surface area contributed by atoms with Crippen LogP contribution in [0.2, 0.25) is 0 Å². The van der Waals surface area contributed by atoms with Crippen molar-refractivity contribution in [1.29, 1.82) is 0 Å². The fourth-order valence-electron chi connectivity index (χ4n) is 2.55. The molecule has 0 bridgehead atoms. The summed E-state index contributed by atoms with van der Waals surface area (Å²) in [7, 11) is 1.99. The van der Waals surface area contributed by atoms with Crippen molar-refractivity contribution in [2.75, 3.05) is 7.05 Å². The van der Waals surface area contributed by atoms with Crippen molar-refractivity contribution in [3.63, 3.8) is 0 Å². The first-order valence-electron chi connectivity index (χ1n) is 6.39. The van der Waals surface area contributed by atoms with E-state index in [0.29, 0.717) is 23.7 Å². The van der Waals surface area contributed by atoms with Crippen molar-refractivity contribution < 1.29 is 0 Å². The predicted octanol–water partition coefficient (Wildman–Crippen LogP) is 1.78. The van der Waals surface area contributed by atoms with Crippen LogP contribution < -0.4 is 5.32 Å². The van der Waals surface area contributed by atoms with Crippen molar-refractivity contribution in [1.82, 2.24) is 24.9 Å². The van der Waals surface area contributed by atoms with Gasteiger partial charge in [0.15, 0.2) is 0 Å². The van der Waals surface area contributed by atoms with E-state index < -0.39 is 0 Å². The lowest BCUT2D eigenvalue weighted by Crippen LogP contribution is -2.33. The summed E-state index contributed by atoms with van der Waals surface area (Å²) in [5, 5.41) is 7.63. The number of aromatic nitrogens is 4. The van der Waals surface area contributed by atoms with Crippen LogP contribution in [0, 0.1) is 12.8 Å². The van der Waals surface area contributed by atoms with Crippen molar-refractivity contribution in [2.45, 2.75) is 39.7 Å². The van der Waals surface area contributed by atoms with Gasteiger partial charge in [-0.05, 0) is 32.9 Å². The molecule has 0 aliphatic heterocycles. The molecule has 0 saturated carbocycles. The van der Waals surface area contributed by atoms with Gasteiger partial charge in [-0.15, -0.1) is 0 Å². The topological polar surface area (TPSA) is 55.1 Å². The van der Waals surface area contributed by atoms with E-state index in [-0.39, 0.29) is 0 Å². The molecule has 0 aliphatic rings. The predicted molar refractivity (Wildman–Crippen MR) is 71.6 cm³/mol. The first kappa shape index (κ1) is 13.0. The van der Waals surface area contributed by atoms with Gasteiger partial charge < -0.3 is 5.32 Å². The zero-order chi connectivity index (χ0) is 13.3. The Bertz CT molecular complexity index is 531. The summed E-state index contributed by atoms with van der Waals surface area (Å²) in [6.07, 6.45) is 1.56. The van der Waals surface area contributed by atoms with Crippen LogP contribution in [-0.2, 0) is 0 Å². The van der Waals surface area contributed by atoms with Crippen molar-refractivity contribution in [2.24, 2.45) is 5.92 Å². The first-order chi connectivity index (χ1) is 8.54. The minimum atomic E-state index is 0.374. The lowest BCUT2D eigenvalue weighted by atomic mass is 9.86. The fraction of sp³-hybridized carbons (Fsp3) is 0.615. The molecule has 18 heavy (non-hydrogen) atoms. The second-order valence-corrected chi connectivity index (χ2v) is 5.14. The minimum Gasteiger partial charge on any atom is -0.317 e. The maximum Gasteiger partial charge on any atom is 0.252 e. The van der Waals surface area contributed by atoms with E-state index in [9.17, 15) is 0 Å². The molecule has 0 aliphatic carbocycles. The monoisotopic (exact) mass is 247 g/mol. The third-order valence-corrected chi connectivity index (χ3v) is 3.46. The van der Waals surface area contributed by atoms with E-state index in [1.165, 1.54) is 5.69 Å². The number of rotatable bonds is 4. The molecule has 2 aromatic rings. The molecule has 0 saturated heterocycles. The SMILES string of the molecule is CNC(C)C(c1cc(C)nc2ncnn12)C(C)C. The molecule has 0 amide bonds. The molecule has 2 atom stereocenters. The van der Waals surface area contributed by atoms with Crippen LogP contribution >= 0.6 is 0 Å². The van der Waals surface area contributed by atoms with Crippen molar-refractivity contribution in [3.8, 4) is 0 Å². The van der Waals surface area contributed by atoms with Gasteiger partial charge in [0.05, 0.1) is 5.69 Å². The average Bonchev–Trinajstić information content (AvgIpc) is 2.76. The third kappa shape index (κ3) is 2.22. The second kappa shape index (κ2) is 5.02. The normalized spacial score (nSPS) is 15.2. The van der Waals surface area contributed by atoms with Crippen LogP contribution in [0.4, 0.5) is 0 Å². The summed E-state index contributed by atoms with van der Waals surface area (Å²) in [6.45, 7) is 8.66. The summed E-state index contributed by atoms with van der Waals surface area (Å²) >= 11 is 0. The molecular weight excluding hydrogens is 226 g/mol. The molecule has 2 aromatic heterocycles. The molecule has 2 unspecified atom stereocenters. The maximum absolute atomic E-state index is 4.39. The number of fused-ring (bicyclic) bond motifs is 1. The number of nitrogens with one attached hydrogen (secondary N) is 1. The zero-order valence-electron chi connectivity index (χ0n) is 11.7. The Balaban J connectivity index is 2.59. The van der Waals surface area contributed by atoms with E-state index in [2.05, 4.69) is 47.2 Å². The third-order valence-electron chi connectivity index (χ3n) is 3.46. The number of nitrogens with zero attached hydrogens (tertiary/aromatic N) is 4. The van der Waals surface area contributed by atoms with Crippen LogP contribution in [0.25, 0.3) is 5.78 Å². The molecule has 0 fully saturated rings. The first-order valence-corrected chi connectivity index (χ1v) is 6.39. The highest BCUT2D eigenvalue weighted by Gasteiger charge is 2.25. The van der Waals surface area contributed by atoms with Crippen LogP contribution in [0.3, 0.4) is 0 Å². The highest BCUT2D eigenvalue weighted by Crippen LogP contribution is 2.28. The van der Waals surface area contributed by atoms with Gasteiger partial charge in [-0.25, -0.2) is 9.50 Å². The van der Waals surface area contributed by atoms with Gasteiger partial charge in [0.2, 0.25) is 0 Å². The van der Waals surface area contributed by atoms with Crippen molar-refractivity contribution >= 4 is 5.78 Å². The van der Waals surface area contributed by atoms with Gasteiger partial charge in [0.1, 0.15) is 6.33 Å². The molecule has 5 nitrogen and oxygen atoms in total. The number of hydrogen-bond acceptors (Lipinski definition) is 4. The zero-order valence-corrected chi connectivity index (χ0v) is 11.7. The lowest BCUT2D eigenvalue weighted by molar-refractivity contribution is 0.382. The summed E-state index contributed by atoms with van der Waals surface area (Å²) in [5.74, 6) is 1.57. The largest absolute Gasteiger partial charge is 0.317 e. The van der Waals surface area contributed by atoms with Gasteiger partial charge in [-0.1, -0.05) is 13.8 Å². The Hall–Kier alpha value is -1.49. The van der Waals surface area contributed by atoms with Gasteiger partial charge in [-0.3, -0.25) is 0 Å². The molecule has 2 heterocycles. The number of likely N-dealkylation sites (N-methyl/N-ethyl adjacent to an activating group) is 1. The van der Waals surface area contributed by atoms with E-state index >= 15 is 0 Å². The molecule has 0 radical (unpaired) electrons. The van der Waals surface area contributed by atoms with E-state index in [1.54, 1.807) is 6.33 Å². The van der Waals surface area contributed by atoms with Crippen LogP contribution in [0.5, 0.6) is 0 Å². The highest BCUT2D eigenvalue weighted by atomic mass is 15.3. The molecule has 2 rings (SSSR count). The van der Waals surface area contributed by atoms with Gasteiger partial charge >= 0.3 is 0 Å². The molecule has 5 heteroatoms. The molecular formula is C13H21N5. The minimum absolute atomic E-state index is 0.374. The van der Waals surface area contributed by atoms with Gasteiger partial charge in [-0.2, -0.15) is 10.1 Å². The Labute approximate surface area is 108 Å². The summed E-state index contributed by atoms with van der Waals surface area (Å²) in [6, 6.07) is 2.49. The van der Waals surface area contributed by atoms with E-state index in [1.807, 2.05) is 18.5 Å². The van der Waals surface area contributed by atoms with Crippen LogP contribution in [-0.4, -0.2) is 32.7 Å². The number of aryl methyl sites for hydroxylation is 1. The summed E-state index contributed by atoms with van der Waals surface area (Å²) in [4.78, 5) is 8.58. The molecule has 0 spiro atoms. The van der Waals surface area contributed by atoms with Gasteiger partial charge in [0.25, 0.3) is 5.78 Å². The standard InChI is InChI=1S/C13H21N5/c1-8(2)12(10(4)14-5)11-6-9(3)17-13-15-7-16-18(11)13/h6-8,10,12,14H,1-5H3.